The van der Waals surface area contributed by atoms with Crippen molar-refractivity contribution in [3.8, 4) is 0 Å². The molecule has 0 saturated heterocycles. The van der Waals surface area contributed by atoms with Crippen LogP contribution in [0, 0.1) is 12.8 Å². The van der Waals surface area contributed by atoms with Crippen molar-refractivity contribution in [1.29, 1.82) is 0 Å². The summed E-state index contributed by atoms with van der Waals surface area (Å²) in [5.74, 6) is -2.38. The second-order valence-corrected chi connectivity index (χ2v) is 4.43. The first-order valence-electron chi connectivity index (χ1n) is 6.95. The summed E-state index contributed by atoms with van der Waals surface area (Å²) < 4.78 is 19.8. The Balaban J connectivity index is 2.96. The molecule has 0 unspecified atom stereocenters. The Bertz CT molecular complexity index is 526. The van der Waals surface area contributed by atoms with E-state index < -0.39 is 23.8 Å². The highest BCUT2D eigenvalue weighted by Gasteiger charge is 2.31. The molecule has 0 saturated carbocycles. The maximum absolute atomic E-state index is 11.9. The van der Waals surface area contributed by atoms with Gasteiger partial charge in [-0.05, 0) is 26.8 Å². The molecule has 7 heteroatoms. The maximum Gasteiger partial charge on any atom is 0.341 e. The monoisotopic (exact) mass is 312 g/mol. The molecule has 0 aromatic carbocycles. The second kappa shape index (κ2) is 8.21. The fraction of sp³-hybridized carbons (Fsp3) is 0.533. The van der Waals surface area contributed by atoms with Crippen LogP contribution in [-0.4, -0.2) is 38.2 Å². The molecule has 1 aromatic rings. The van der Waals surface area contributed by atoms with Crippen molar-refractivity contribution in [3.05, 3.63) is 23.2 Å². The zero-order valence-electron chi connectivity index (χ0n) is 13.1. The van der Waals surface area contributed by atoms with Crippen LogP contribution in [0.4, 0.5) is 0 Å². The van der Waals surface area contributed by atoms with Gasteiger partial charge in [0, 0.05) is 6.42 Å². The van der Waals surface area contributed by atoms with Crippen LogP contribution in [0.3, 0.4) is 0 Å². The highest BCUT2D eigenvalue weighted by molar-refractivity contribution is 5.95. The lowest BCUT2D eigenvalue weighted by Gasteiger charge is -2.12. The number of ether oxygens (including phenoxy) is 3. The van der Waals surface area contributed by atoms with Gasteiger partial charge in [0.15, 0.2) is 5.92 Å². The molecule has 122 valence electrons. The Labute approximate surface area is 128 Å². The molecule has 0 aliphatic heterocycles. The lowest BCUT2D eigenvalue weighted by atomic mass is 10.0. The predicted molar refractivity (Wildman–Crippen MR) is 75.2 cm³/mol. The number of esters is 3. The van der Waals surface area contributed by atoms with Crippen LogP contribution < -0.4 is 0 Å². The molecule has 0 atom stereocenters. The molecule has 0 bridgehead atoms. The van der Waals surface area contributed by atoms with E-state index in [9.17, 15) is 14.4 Å². The van der Waals surface area contributed by atoms with Gasteiger partial charge in [0.1, 0.15) is 17.1 Å². The van der Waals surface area contributed by atoms with E-state index in [1.807, 2.05) is 0 Å². The minimum Gasteiger partial charge on any atom is -0.465 e. The Morgan fingerprint density at radius 2 is 1.68 bits per heavy atom. The van der Waals surface area contributed by atoms with Crippen LogP contribution in [0.15, 0.2) is 10.5 Å². The average Bonchev–Trinajstić information content (AvgIpc) is 2.85. The summed E-state index contributed by atoms with van der Waals surface area (Å²) in [6.45, 7) is 5.19. The molecule has 1 aromatic heterocycles. The van der Waals surface area contributed by atoms with Gasteiger partial charge >= 0.3 is 17.9 Å². The maximum atomic E-state index is 11.9. The van der Waals surface area contributed by atoms with Crippen LogP contribution in [0.2, 0.25) is 0 Å². The molecule has 1 heterocycles. The summed E-state index contributed by atoms with van der Waals surface area (Å²) in [4.78, 5) is 35.3. The number of aryl methyl sites for hydroxylation is 1. The third-order valence-corrected chi connectivity index (χ3v) is 2.92. The Kier molecular flexibility index (Phi) is 6.62. The standard InChI is InChI=1S/C15H20O7/c1-5-20-14(17)12(15(18)21-6-2)8-10-7-11(9(3)22-10)13(16)19-4/h7,12H,5-6,8H2,1-4H3. The summed E-state index contributed by atoms with van der Waals surface area (Å²) in [5.41, 5.74) is 0.254. The van der Waals surface area contributed by atoms with Crippen molar-refractivity contribution in [3.63, 3.8) is 0 Å². The van der Waals surface area contributed by atoms with Crippen molar-refractivity contribution >= 4 is 17.9 Å². The fourth-order valence-corrected chi connectivity index (χ4v) is 1.91. The quantitative estimate of drug-likeness (QED) is 0.429. The number of hydrogen-bond acceptors (Lipinski definition) is 7. The number of carbonyl (C=O) groups excluding carboxylic acids is 3. The number of carbonyl (C=O) groups is 3. The third kappa shape index (κ3) is 4.34. The number of methoxy groups -OCH3 is 1. The first kappa shape index (κ1) is 17.7. The van der Waals surface area contributed by atoms with Crippen LogP contribution in [-0.2, 0) is 30.2 Å². The summed E-state index contributed by atoms with van der Waals surface area (Å²) in [7, 11) is 1.26. The van der Waals surface area contributed by atoms with Crippen molar-refractivity contribution in [2.75, 3.05) is 20.3 Å². The highest BCUT2D eigenvalue weighted by atomic mass is 16.6. The zero-order chi connectivity index (χ0) is 16.7. The smallest absolute Gasteiger partial charge is 0.341 e. The summed E-state index contributed by atoms with van der Waals surface area (Å²) in [6.07, 6.45) is -0.0461. The average molecular weight is 312 g/mol. The van der Waals surface area contributed by atoms with Gasteiger partial charge < -0.3 is 18.6 Å². The SMILES string of the molecule is CCOC(=O)C(Cc1cc(C(=O)OC)c(C)o1)C(=O)OCC. The molecule has 0 radical (unpaired) electrons. The van der Waals surface area contributed by atoms with Gasteiger partial charge in [-0.25, -0.2) is 4.79 Å². The van der Waals surface area contributed by atoms with E-state index in [1.54, 1.807) is 20.8 Å². The van der Waals surface area contributed by atoms with E-state index in [4.69, 9.17) is 13.9 Å². The molecule has 0 amide bonds. The van der Waals surface area contributed by atoms with Crippen LogP contribution in [0.1, 0.15) is 35.7 Å². The Hall–Kier alpha value is -2.31. The van der Waals surface area contributed by atoms with Crippen LogP contribution in [0.25, 0.3) is 0 Å². The first-order chi connectivity index (χ1) is 10.4. The van der Waals surface area contributed by atoms with Gasteiger partial charge in [-0.1, -0.05) is 0 Å². The minimum absolute atomic E-state index is 0.0461. The summed E-state index contributed by atoms with van der Waals surface area (Å²) in [6, 6.07) is 1.45. The van der Waals surface area contributed by atoms with Gasteiger partial charge in [0.2, 0.25) is 0 Å². The van der Waals surface area contributed by atoms with Crippen LogP contribution in [0.5, 0.6) is 0 Å². The number of rotatable bonds is 7. The van der Waals surface area contributed by atoms with Gasteiger partial charge in [-0.15, -0.1) is 0 Å². The van der Waals surface area contributed by atoms with Crippen molar-refractivity contribution in [2.24, 2.45) is 5.92 Å². The normalized spacial score (nSPS) is 10.4. The van der Waals surface area contributed by atoms with Crippen molar-refractivity contribution in [2.45, 2.75) is 27.2 Å². The third-order valence-electron chi connectivity index (χ3n) is 2.92. The Morgan fingerprint density at radius 1 is 1.14 bits per heavy atom. The van der Waals surface area contributed by atoms with E-state index >= 15 is 0 Å². The van der Waals surface area contributed by atoms with E-state index in [0.29, 0.717) is 11.5 Å². The molecule has 22 heavy (non-hydrogen) atoms. The van der Waals surface area contributed by atoms with Crippen LogP contribution >= 0.6 is 0 Å². The zero-order valence-corrected chi connectivity index (χ0v) is 13.1. The van der Waals surface area contributed by atoms with Crippen molar-refractivity contribution in [1.82, 2.24) is 0 Å². The molecule has 7 nitrogen and oxygen atoms in total. The molecule has 0 N–H and O–H groups in total. The van der Waals surface area contributed by atoms with E-state index in [-0.39, 0.29) is 25.2 Å². The molecule has 1 rings (SSSR count). The van der Waals surface area contributed by atoms with Gasteiger partial charge in [0.25, 0.3) is 0 Å². The number of hydrogen-bond donors (Lipinski definition) is 0. The second-order valence-electron chi connectivity index (χ2n) is 4.43. The van der Waals surface area contributed by atoms with E-state index in [2.05, 4.69) is 4.74 Å². The largest absolute Gasteiger partial charge is 0.465 e. The van der Waals surface area contributed by atoms with Gasteiger partial charge in [-0.3, -0.25) is 9.59 Å². The predicted octanol–water partition coefficient (Wildman–Crippen LogP) is 1.66. The molecule has 0 aliphatic carbocycles. The summed E-state index contributed by atoms with van der Waals surface area (Å²) >= 11 is 0. The van der Waals surface area contributed by atoms with Gasteiger partial charge in [0.05, 0.1) is 20.3 Å². The lowest BCUT2D eigenvalue weighted by Crippen LogP contribution is -2.29. The summed E-state index contributed by atoms with van der Waals surface area (Å²) in [5, 5.41) is 0. The van der Waals surface area contributed by atoms with E-state index in [0.717, 1.165) is 0 Å². The fourth-order valence-electron chi connectivity index (χ4n) is 1.91. The van der Waals surface area contributed by atoms with E-state index in [1.165, 1.54) is 13.2 Å². The molecule has 0 fully saturated rings. The molecule has 0 aliphatic rings. The molecule has 0 spiro atoms. The topological polar surface area (TPSA) is 92.0 Å². The lowest BCUT2D eigenvalue weighted by molar-refractivity contribution is -0.161. The highest BCUT2D eigenvalue weighted by Crippen LogP contribution is 2.20. The Morgan fingerprint density at radius 3 is 2.14 bits per heavy atom. The first-order valence-corrected chi connectivity index (χ1v) is 6.95. The molecular formula is C15H20O7. The van der Waals surface area contributed by atoms with Gasteiger partial charge in [-0.2, -0.15) is 0 Å². The number of furan rings is 1. The molecular weight excluding hydrogens is 292 g/mol. The van der Waals surface area contributed by atoms with Crippen molar-refractivity contribution < 1.29 is 33.0 Å². The minimum atomic E-state index is -1.13.